The summed E-state index contributed by atoms with van der Waals surface area (Å²) in [4.78, 5) is 8.53. The van der Waals surface area contributed by atoms with Crippen molar-refractivity contribution in [3.63, 3.8) is 0 Å². The highest BCUT2D eigenvalue weighted by molar-refractivity contribution is 7.15. The van der Waals surface area contributed by atoms with E-state index in [9.17, 15) is 13.2 Å². The Kier molecular flexibility index (Phi) is 4.41. The van der Waals surface area contributed by atoms with Crippen LogP contribution in [0.25, 0.3) is 11.0 Å². The number of pyridine rings is 1. The first-order valence-corrected chi connectivity index (χ1v) is 9.35. The fraction of sp³-hybridized carbons (Fsp3) is 0.500. The smallest absolute Gasteiger partial charge is 0.369 e. The SMILES string of the molecule is Cc1nn(C)c2nccc(N3CCCN(c4nnc(C(F)(F)F)s4)CC3)c12. The van der Waals surface area contributed by atoms with Crippen LogP contribution >= 0.6 is 11.3 Å². The van der Waals surface area contributed by atoms with Crippen LogP contribution in [0.5, 0.6) is 0 Å². The second kappa shape index (κ2) is 6.63. The summed E-state index contributed by atoms with van der Waals surface area (Å²) in [5.74, 6) is 0. The Morgan fingerprint density at radius 1 is 1.07 bits per heavy atom. The molecular formula is C16H18F3N7S. The van der Waals surface area contributed by atoms with E-state index in [0.717, 1.165) is 35.4 Å². The van der Waals surface area contributed by atoms with Crippen LogP contribution in [0, 0.1) is 6.92 Å². The van der Waals surface area contributed by atoms with E-state index < -0.39 is 11.2 Å². The zero-order chi connectivity index (χ0) is 19.2. The first-order chi connectivity index (χ1) is 12.8. The first kappa shape index (κ1) is 18.0. The molecule has 0 unspecified atom stereocenters. The van der Waals surface area contributed by atoms with Gasteiger partial charge in [0.15, 0.2) is 5.65 Å². The van der Waals surface area contributed by atoms with Gasteiger partial charge in [-0.3, -0.25) is 4.68 Å². The molecule has 1 saturated heterocycles. The van der Waals surface area contributed by atoms with Crippen LogP contribution < -0.4 is 9.80 Å². The second-order valence-corrected chi connectivity index (χ2v) is 7.41. The van der Waals surface area contributed by atoms with E-state index in [1.807, 2.05) is 24.9 Å². The molecule has 0 saturated carbocycles. The van der Waals surface area contributed by atoms with Crippen LogP contribution in [0.2, 0.25) is 0 Å². The number of aryl methyl sites for hydroxylation is 2. The lowest BCUT2D eigenvalue weighted by atomic mass is 10.2. The minimum Gasteiger partial charge on any atom is -0.369 e. The quantitative estimate of drug-likeness (QED) is 0.663. The average Bonchev–Trinajstić information content (AvgIpc) is 3.13. The maximum absolute atomic E-state index is 12.8. The van der Waals surface area contributed by atoms with Crippen molar-refractivity contribution in [2.45, 2.75) is 19.5 Å². The van der Waals surface area contributed by atoms with Gasteiger partial charge in [-0.05, 0) is 19.4 Å². The van der Waals surface area contributed by atoms with E-state index in [0.29, 0.717) is 36.1 Å². The number of hydrogen-bond donors (Lipinski definition) is 0. The molecule has 3 aromatic heterocycles. The average molecular weight is 397 g/mol. The highest BCUT2D eigenvalue weighted by atomic mass is 32.1. The van der Waals surface area contributed by atoms with Crippen LogP contribution in [0.4, 0.5) is 24.0 Å². The number of rotatable bonds is 2. The van der Waals surface area contributed by atoms with Crippen LogP contribution in [0.15, 0.2) is 12.3 Å². The van der Waals surface area contributed by atoms with Gasteiger partial charge in [-0.15, -0.1) is 10.2 Å². The summed E-state index contributed by atoms with van der Waals surface area (Å²) in [5, 5.41) is 11.9. The number of alkyl halides is 3. The summed E-state index contributed by atoms with van der Waals surface area (Å²) < 4.78 is 40.1. The molecule has 3 aromatic rings. The highest BCUT2D eigenvalue weighted by Crippen LogP contribution is 2.35. The minimum atomic E-state index is -4.45. The fourth-order valence-corrected chi connectivity index (χ4v) is 4.19. The molecule has 0 bridgehead atoms. The van der Waals surface area contributed by atoms with Gasteiger partial charge in [-0.2, -0.15) is 18.3 Å². The Hall–Kier alpha value is -2.43. The Labute approximate surface area is 157 Å². The zero-order valence-electron chi connectivity index (χ0n) is 14.9. The number of fused-ring (bicyclic) bond motifs is 1. The molecule has 1 aliphatic rings. The van der Waals surface area contributed by atoms with Crippen molar-refractivity contribution < 1.29 is 13.2 Å². The number of anilines is 2. The molecule has 4 heterocycles. The molecule has 0 aliphatic carbocycles. The van der Waals surface area contributed by atoms with Crippen molar-refractivity contribution >= 4 is 33.2 Å². The summed E-state index contributed by atoms with van der Waals surface area (Å²) in [6, 6.07) is 1.97. The standard InChI is InChI=1S/C16H18F3N7S/c1-10-12-11(4-5-20-13(12)24(2)23-10)25-6-3-7-26(9-8-25)15-22-21-14(27-15)16(17,18)19/h4-5H,3,6-9H2,1-2H3. The first-order valence-electron chi connectivity index (χ1n) is 8.53. The van der Waals surface area contributed by atoms with E-state index in [-0.39, 0.29) is 0 Å². The van der Waals surface area contributed by atoms with Crippen LogP contribution in [-0.4, -0.2) is 51.1 Å². The Morgan fingerprint density at radius 3 is 2.56 bits per heavy atom. The summed E-state index contributed by atoms with van der Waals surface area (Å²) in [5.41, 5.74) is 2.79. The molecule has 0 amide bonds. The summed E-state index contributed by atoms with van der Waals surface area (Å²) in [6.07, 6.45) is -1.87. The maximum atomic E-state index is 12.8. The molecule has 0 spiro atoms. The third-order valence-electron chi connectivity index (χ3n) is 4.64. The van der Waals surface area contributed by atoms with Gasteiger partial charge in [0.2, 0.25) is 10.1 Å². The molecular weight excluding hydrogens is 379 g/mol. The van der Waals surface area contributed by atoms with Gasteiger partial charge in [-0.1, -0.05) is 11.3 Å². The fourth-order valence-electron chi connectivity index (χ4n) is 3.43. The topological polar surface area (TPSA) is 63.0 Å². The Bertz CT molecular complexity index is 965. The summed E-state index contributed by atoms with van der Waals surface area (Å²) in [6.45, 7) is 4.65. The van der Waals surface area contributed by atoms with Crippen molar-refractivity contribution in [2.24, 2.45) is 7.05 Å². The third-order valence-corrected chi connectivity index (χ3v) is 5.67. The molecule has 0 N–H and O–H groups in total. The number of hydrogen-bond acceptors (Lipinski definition) is 7. The molecule has 7 nitrogen and oxygen atoms in total. The van der Waals surface area contributed by atoms with E-state index in [1.165, 1.54) is 0 Å². The molecule has 1 fully saturated rings. The predicted octanol–water partition coefficient (Wildman–Crippen LogP) is 2.86. The van der Waals surface area contributed by atoms with E-state index in [4.69, 9.17) is 0 Å². The van der Waals surface area contributed by atoms with E-state index in [2.05, 4.69) is 25.2 Å². The highest BCUT2D eigenvalue weighted by Gasteiger charge is 2.36. The van der Waals surface area contributed by atoms with Crippen molar-refractivity contribution in [2.75, 3.05) is 36.0 Å². The van der Waals surface area contributed by atoms with Gasteiger partial charge in [0.05, 0.1) is 16.8 Å². The molecule has 11 heteroatoms. The Morgan fingerprint density at radius 2 is 1.81 bits per heavy atom. The molecule has 27 heavy (non-hydrogen) atoms. The van der Waals surface area contributed by atoms with Gasteiger partial charge in [0.25, 0.3) is 0 Å². The Balaban J connectivity index is 1.57. The molecule has 144 valence electrons. The minimum absolute atomic E-state index is 0.321. The van der Waals surface area contributed by atoms with Gasteiger partial charge in [-0.25, -0.2) is 4.98 Å². The monoisotopic (exact) mass is 397 g/mol. The largest absolute Gasteiger partial charge is 0.445 e. The molecule has 0 atom stereocenters. The van der Waals surface area contributed by atoms with Gasteiger partial charge in [0, 0.05) is 39.4 Å². The van der Waals surface area contributed by atoms with E-state index in [1.54, 1.807) is 10.9 Å². The van der Waals surface area contributed by atoms with Crippen LogP contribution in [0.3, 0.4) is 0 Å². The summed E-state index contributed by atoms with van der Waals surface area (Å²) >= 11 is 0.598. The molecule has 1 aliphatic heterocycles. The van der Waals surface area contributed by atoms with Crippen molar-refractivity contribution in [3.8, 4) is 0 Å². The number of halogens is 3. The lowest BCUT2D eigenvalue weighted by Crippen LogP contribution is -2.30. The second-order valence-electron chi connectivity index (χ2n) is 6.45. The predicted molar refractivity (Wildman–Crippen MR) is 97.2 cm³/mol. The number of nitrogens with zero attached hydrogens (tertiary/aromatic N) is 7. The zero-order valence-corrected chi connectivity index (χ0v) is 15.7. The van der Waals surface area contributed by atoms with Gasteiger partial charge < -0.3 is 9.80 Å². The molecule has 4 rings (SSSR count). The lowest BCUT2D eigenvalue weighted by molar-refractivity contribution is -0.138. The lowest BCUT2D eigenvalue weighted by Gasteiger charge is -2.24. The maximum Gasteiger partial charge on any atom is 0.445 e. The molecule has 0 radical (unpaired) electrons. The third kappa shape index (κ3) is 3.31. The van der Waals surface area contributed by atoms with Crippen LogP contribution in [-0.2, 0) is 13.2 Å². The van der Waals surface area contributed by atoms with Gasteiger partial charge >= 0.3 is 6.18 Å². The van der Waals surface area contributed by atoms with Crippen molar-refractivity contribution in [1.82, 2.24) is 25.0 Å². The molecule has 0 aromatic carbocycles. The van der Waals surface area contributed by atoms with E-state index >= 15 is 0 Å². The summed E-state index contributed by atoms with van der Waals surface area (Å²) in [7, 11) is 1.87. The van der Waals surface area contributed by atoms with Crippen LogP contribution in [0.1, 0.15) is 17.1 Å². The van der Waals surface area contributed by atoms with Gasteiger partial charge in [0.1, 0.15) is 0 Å². The number of aromatic nitrogens is 5. The normalized spacial score (nSPS) is 16.2. The van der Waals surface area contributed by atoms with Crippen molar-refractivity contribution in [3.05, 3.63) is 23.0 Å². The van der Waals surface area contributed by atoms with Crippen molar-refractivity contribution in [1.29, 1.82) is 0 Å².